The zero-order valence-corrected chi connectivity index (χ0v) is 21.8. The number of nitrogens with zero attached hydrogens (tertiary/aromatic N) is 3. The van der Waals surface area contributed by atoms with Crippen molar-refractivity contribution >= 4 is 17.6 Å². The molecule has 0 radical (unpaired) electrons. The third-order valence-electron chi connectivity index (χ3n) is 6.75. The summed E-state index contributed by atoms with van der Waals surface area (Å²) < 4.78 is 5.92. The van der Waals surface area contributed by atoms with Crippen LogP contribution in [-0.2, 0) is 6.42 Å². The fraction of sp³-hybridized carbons (Fsp3) is 0.345. The van der Waals surface area contributed by atoms with Crippen molar-refractivity contribution in [1.29, 1.82) is 0 Å². The van der Waals surface area contributed by atoms with Crippen LogP contribution in [0.4, 0.5) is 4.79 Å². The average molecular weight is 523 g/mol. The SMILES string of the molecule is NC(=O)N(O)CCc1ccc(OCCCN2CCN([C@H](c3ccccc3)c3ccc(Cl)cc3)CC2)cc1. The van der Waals surface area contributed by atoms with Crippen LogP contribution in [0, 0.1) is 0 Å². The number of carbonyl (C=O) groups is 1. The van der Waals surface area contributed by atoms with Gasteiger partial charge in [0, 0.05) is 37.7 Å². The quantitative estimate of drug-likeness (QED) is 0.214. The maximum atomic E-state index is 10.9. The third kappa shape index (κ3) is 7.94. The summed E-state index contributed by atoms with van der Waals surface area (Å²) in [6.07, 6.45) is 1.48. The number of nitrogens with two attached hydrogens (primary N) is 1. The molecule has 3 aromatic rings. The largest absolute Gasteiger partial charge is 0.494 e. The zero-order chi connectivity index (χ0) is 26.0. The van der Waals surface area contributed by atoms with Gasteiger partial charge in [-0.1, -0.05) is 66.2 Å². The highest BCUT2D eigenvalue weighted by Crippen LogP contribution is 2.30. The van der Waals surface area contributed by atoms with Gasteiger partial charge in [-0.25, -0.2) is 9.86 Å². The van der Waals surface area contributed by atoms with Crippen molar-refractivity contribution in [1.82, 2.24) is 14.9 Å². The number of primary amides is 1. The van der Waals surface area contributed by atoms with E-state index in [-0.39, 0.29) is 12.6 Å². The molecule has 0 bridgehead atoms. The molecule has 3 N–H and O–H groups in total. The molecule has 8 heteroatoms. The van der Waals surface area contributed by atoms with E-state index in [1.807, 2.05) is 36.4 Å². The molecule has 1 heterocycles. The zero-order valence-electron chi connectivity index (χ0n) is 21.0. The van der Waals surface area contributed by atoms with Crippen molar-refractivity contribution in [3.63, 3.8) is 0 Å². The fourth-order valence-corrected chi connectivity index (χ4v) is 4.84. The molecule has 0 spiro atoms. The Bertz CT molecular complexity index is 1100. The average Bonchev–Trinajstić information content (AvgIpc) is 2.93. The lowest BCUT2D eigenvalue weighted by molar-refractivity contribution is -0.0382. The van der Waals surface area contributed by atoms with Crippen molar-refractivity contribution in [2.24, 2.45) is 5.73 Å². The highest BCUT2D eigenvalue weighted by Gasteiger charge is 2.26. The number of amides is 2. The predicted octanol–water partition coefficient (Wildman–Crippen LogP) is 4.83. The van der Waals surface area contributed by atoms with Gasteiger partial charge in [0.15, 0.2) is 0 Å². The topological polar surface area (TPSA) is 82.3 Å². The number of rotatable bonds is 11. The lowest BCUT2D eigenvalue weighted by Gasteiger charge is -2.39. The maximum absolute atomic E-state index is 10.9. The summed E-state index contributed by atoms with van der Waals surface area (Å²) in [6, 6.07) is 26.0. The Morgan fingerprint density at radius 3 is 2.24 bits per heavy atom. The molecule has 1 atom stereocenters. The maximum Gasteiger partial charge on any atom is 0.338 e. The van der Waals surface area contributed by atoms with E-state index in [1.165, 1.54) is 11.1 Å². The number of hydrogen-bond acceptors (Lipinski definition) is 5. The molecule has 0 aliphatic carbocycles. The summed E-state index contributed by atoms with van der Waals surface area (Å²) in [7, 11) is 0. The Morgan fingerprint density at radius 1 is 0.946 bits per heavy atom. The monoisotopic (exact) mass is 522 g/mol. The van der Waals surface area contributed by atoms with Crippen molar-refractivity contribution in [2.75, 3.05) is 45.9 Å². The van der Waals surface area contributed by atoms with Gasteiger partial charge in [0.1, 0.15) is 5.75 Å². The first kappa shape index (κ1) is 26.9. The van der Waals surface area contributed by atoms with E-state index in [0.717, 1.165) is 55.5 Å². The predicted molar refractivity (Wildman–Crippen MR) is 146 cm³/mol. The first-order valence-electron chi connectivity index (χ1n) is 12.7. The molecule has 1 saturated heterocycles. The second-order valence-electron chi connectivity index (χ2n) is 9.30. The van der Waals surface area contributed by atoms with E-state index in [2.05, 4.69) is 52.3 Å². The Balaban J connectivity index is 1.21. The first-order valence-corrected chi connectivity index (χ1v) is 13.1. The summed E-state index contributed by atoms with van der Waals surface area (Å²) >= 11 is 6.15. The van der Waals surface area contributed by atoms with Gasteiger partial charge in [-0.15, -0.1) is 0 Å². The van der Waals surface area contributed by atoms with Gasteiger partial charge in [-0.3, -0.25) is 10.1 Å². The molecule has 1 aliphatic heterocycles. The molecule has 3 aromatic carbocycles. The van der Waals surface area contributed by atoms with Crippen LogP contribution in [-0.4, -0.2) is 72.0 Å². The van der Waals surface area contributed by atoms with Crippen molar-refractivity contribution < 1.29 is 14.7 Å². The van der Waals surface area contributed by atoms with Gasteiger partial charge in [0.2, 0.25) is 0 Å². The summed E-state index contributed by atoms with van der Waals surface area (Å²) in [5.74, 6) is 0.818. The first-order chi connectivity index (χ1) is 18.0. The van der Waals surface area contributed by atoms with E-state index in [1.54, 1.807) is 0 Å². The molecule has 2 amide bonds. The van der Waals surface area contributed by atoms with Crippen LogP contribution < -0.4 is 10.5 Å². The van der Waals surface area contributed by atoms with Gasteiger partial charge in [-0.05, 0) is 53.8 Å². The Labute approximate surface area is 224 Å². The highest BCUT2D eigenvalue weighted by molar-refractivity contribution is 6.30. The Morgan fingerprint density at radius 2 is 1.59 bits per heavy atom. The number of hydrogen-bond donors (Lipinski definition) is 2. The van der Waals surface area contributed by atoms with Gasteiger partial charge in [0.25, 0.3) is 0 Å². The second-order valence-corrected chi connectivity index (χ2v) is 9.74. The summed E-state index contributed by atoms with van der Waals surface area (Å²) in [4.78, 5) is 15.9. The Kier molecular flexibility index (Phi) is 9.79. The van der Waals surface area contributed by atoms with E-state index in [4.69, 9.17) is 22.1 Å². The highest BCUT2D eigenvalue weighted by atomic mass is 35.5. The van der Waals surface area contributed by atoms with Crippen molar-refractivity contribution in [2.45, 2.75) is 18.9 Å². The fourth-order valence-electron chi connectivity index (χ4n) is 4.72. The molecular formula is C29H35ClN4O3. The van der Waals surface area contributed by atoms with Crippen LogP contribution in [0.5, 0.6) is 5.75 Å². The minimum Gasteiger partial charge on any atom is -0.494 e. The van der Waals surface area contributed by atoms with Crippen LogP contribution >= 0.6 is 11.6 Å². The second kappa shape index (κ2) is 13.4. The standard InChI is InChI=1S/C29H35ClN4O3/c30-26-11-9-25(10-12-26)28(24-5-2-1-3-6-24)33-20-18-32(19-21-33)16-4-22-37-27-13-7-23(8-14-27)15-17-34(36)29(31)35/h1-3,5-14,28,36H,4,15-22H2,(H2,31,35)/t28-/m1/s1. The molecule has 1 fully saturated rings. The van der Waals surface area contributed by atoms with E-state index < -0.39 is 6.03 Å². The van der Waals surface area contributed by atoms with Crippen LogP contribution in [0.1, 0.15) is 29.2 Å². The number of halogens is 1. The molecular weight excluding hydrogens is 488 g/mol. The van der Waals surface area contributed by atoms with Gasteiger partial charge in [-0.2, -0.15) is 0 Å². The molecule has 4 rings (SSSR count). The summed E-state index contributed by atoms with van der Waals surface area (Å²) in [5.41, 5.74) is 8.60. The number of carbonyl (C=O) groups excluding carboxylic acids is 1. The van der Waals surface area contributed by atoms with E-state index >= 15 is 0 Å². The van der Waals surface area contributed by atoms with Crippen LogP contribution in [0.15, 0.2) is 78.9 Å². The van der Waals surface area contributed by atoms with Gasteiger partial charge in [0.05, 0.1) is 19.2 Å². The molecule has 0 aromatic heterocycles. The number of ether oxygens (including phenoxy) is 1. The van der Waals surface area contributed by atoms with Gasteiger partial charge >= 0.3 is 6.03 Å². The van der Waals surface area contributed by atoms with Gasteiger partial charge < -0.3 is 15.4 Å². The number of urea groups is 1. The lowest BCUT2D eigenvalue weighted by atomic mass is 9.96. The Hall–Kier alpha value is -3.10. The summed E-state index contributed by atoms with van der Waals surface area (Å²) in [6.45, 7) is 5.88. The van der Waals surface area contributed by atoms with Crippen LogP contribution in [0.3, 0.4) is 0 Å². The van der Waals surface area contributed by atoms with E-state index in [9.17, 15) is 10.0 Å². The third-order valence-corrected chi connectivity index (χ3v) is 7.00. The normalized spacial score (nSPS) is 15.3. The molecule has 37 heavy (non-hydrogen) atoms. The summed E-state index contributed by atoms with van der Waals surface area (Å²) in [5, 5.41) is 10.6. The van der Waals surface area contributed by atoms with Crippen LogP contribution in [0.25, 0.3) is 0 Å². The molecule has 196 valence electrons. The smallest absolute Gasteiger partial charge is 0.338 e. The number of benzene rings is 3. The molecule has 0 unspecified atom stereocenters. The van der Waals surface area contributed by atoms with Crippen molar-refractivity contribution in [3.8, 4) is 5.75 Å². The minimum atomic E-state index is -0.848. The van der Waals surface area contributed by atoms with Crippen molar-refractivity contribution in [3.05, 3.63) is 101 Å². The lowest BCUT2D eigenvalue weighted by Crippen LogP contribution is -2.48. The number of piperazine rings is 1. The van der Waals surface area contributed by atoms with E-state index in [0.29, 0.717) is 18.1 Å². The van der Waals surface area contributed by atoms with Crippen LogP contribution in [0.2, 0.25) is 5.02 Å². The minimum absolute atomic E-state index is 0.161. The molecule has 7 nitrogen and oxygen atoms in total. The molecule has 0 saturated carbocycles. The number of hydroxylamine groups is 2. The molecule has 1 aliphatic rings.